The standard InChI is InChI=1S/C30H38FN3O2/c31-25-13-11-21(12-14-25)18-29(35)32-26-19-24-10-5-16-34(28(24)20-26)17-15-27(22-6-2-1-3-7-22)33-30(36)23-8-4-9-23/h1-3,6-7,11-14,23-24,26-28H,4-5,8-10,15-20H2,(H,32,35)(H,33,36)/t24?,26?,27-,28?/m0/s1. The molecule has 3 aliphatic rings. The summed E-state index contributed by atoms with van der Waals surface area (Å²) >= 11 is 0. The van der Waals surface area contributed by atoms with Gasteiger partial charge in [-0.2, -0.15) is 0 Å². The maximum absolute atomic E-state index is 13.2. The molecule has 192 valence electrons. The lowest BCUT2D eigenvalue weighted by molar-refractivity contribution is -0.128. The lowest BCUT2D eigenvalue weighted by Gasteiger charge is -2.38. The van der Waals surface area contributed by atoms with Gasteiger partial charge in [0.25, 0.3) is 0 Å². The topological polar surface area (TPSA) is 61.4 Å². The monoisotopic (exact) mass is 491 g/mol. The zero-order valence-electron chi connectivity index (χ0n) is 21.0. The fourth-order valence-corrected chi connectivity index (χ4v) is 6.31. The van der Waals surface area contributed by atoms with E-state index < -0.39 is 0 Å². The van der Waals surface area contributed by atoms with Gasteiger partial charge in [0, 0.05) is 24.5 Å². The van der Waals surface area contributed by atoms with Crippen molar-refractivity contribution in [1.82, 2.24) is 15.5 Å². The molecule has 3 unspecified atom stereocenters. The van der Waals surface area contributed by atoms with Crippen LogP contribution in [0.2, 0.25) is 0 Å². The molecule has 2 N–H and O–H groups in total. The Hall–Kier alpha value is -2.73. The minimum absolute atomic E-state index is 0.0136. The molecule has 1 saturated heterocycles. The third-order valence-electron chi connectivity index (χ3n) is 8.49. The first-order chi connectivity index (χ1) is 17.5. The number of likely N-dealkylation sites (tertiary alicyclic amines) is 1. The van der Waals surface area contributed by atoms with E-state index in [0.29, 0.717) is 12.0 Å². The van der Waals surface area contributed by atoms with E-state index in [1.165, 1.54) is 30.5 Å². The van der Waals surface area contributed by atoms with Crippen LogP contribution in [0.1, 0.15) is 68.5 Å². The van der Waals surface area contributed by atoms with E-state index in [1.807, 2.05) is 18.2 Å². The van der Waals surface area contributed by atoms with Crippen LogP contribution in [-0.2, 0) is 16.0 Å². The van der Waals surface area contributed by atoms with Crippen LogP contribution in [0.4, 0.5) is 4.39 Å². The highest BCUT2D eigenvalue weighted by atomic mass is 19.1. The molecule has 5 nitrogen and oxygen atoms in total. The molecule has 3 fully saturated rings. The van der Waals surface area contributed by atoms with Gasteiger partial charge in [0.1, 0.15) is 5.82 Å². The lowest BCUT2D eigenvalue weighted by Crippen LogP contribution is -2.45. The van der Waals surface area contributed by atoms with Crippen LogP contribution >= 0.6 is 0 Å². The largest absolute Gasteiger partial charge is 0.353 e. The summed E-state index contributed by atoms with van der Waals surface area (Å²) < 4.78 is 13.2. The molecule has 2 saturated carbocycles. The van der Waals surface area contributed by atoms with Gasteiger partial charge in [-0.3, -0.25) is 14.5 Å². The van der Waals surface area contributed by atoms with Gasteiger partial charge < -0.3 is 10.6 Å². The molecule has 0 radical (unpaired) electrons. The molecular weight excluding hydrogens is 453 g/mol. The average molecular weight is 492 g/mol. The number of nitrogens with one attached hydrogen (secondary N) is 2. The molecule has 36 heavy (non-hydrogen) atoms. The fraction of sp³-hybridized carbons (Fsp3) is 0.533. The van der Waals surface area contributed by atoms with Crippen molar-refractivity contribution in [2.45, 2.75) is 75.9 Å². The first kappa shape index (κ1) is 24.9. The van der Waals surface area contributed by atoms with Crippen molar-refractivity contribution < 1.29 is 14.0 Å². The average Bonchev–Trinajstić information content (AvgIpc) is 3.25. The fourth-order valence-electron chi connectivity index (χ4n) is 6.31. The van der Waals surface area contributed by atoms with Crippen molar-refractivity contribution in [1.29, 1.82) is 0 Å². The molecule has 0 bridgehead atoms. The first-order valence-electron chi connectivity index (χ1n) is 13.7. The van der Waals surface area contributed by atoms with Crippen molar-refractivity contribution in [2.24, 2.45) is 11.8 Å². The van der Waals surface area contributed by atoms with Gasteiger partial charge in [0.15, 0.2) is 0 Å². The zero-order chi connectivity index (χ0) is 24.9. The summed E-state index contributed by atoms with van der Waals surface area (Å²) in [5.74, 6) is 0.728. The number of nitrogens with zero attached hydrogens (tertiary/aromatic N) is 1. The summed E-state index contributed by atoms with van der Waals surface area (Å²) in [7, 11) is 0. The van der Waals surface area contributed by atoms with Gasteiger partial charge in [0.2, 0.25) is 11.8 Å². The molecule has 2 aromatic rings. The molecular formula is C30H38FN3O2. The van der Waals surface area contributed by atoms with E-state index in [1.54, 1.807) is 12.1 Å². The number of piperidine rings is 1. The Bertz CT molecular complexity index is 1020. The second-order valence-corrected chi connectivity index (χ2v) is 10.9. The van der Waals surface area contributed by atoms with E-state index in [-0.39, 0.29) is 42.1 Å². The Morgan fingerprint density at radius 1 is 0.972 bits per heavy atom. The maximum atomic E-state index is 13.2. The quantitative estimate of drug-likeness (QED) is 0.531. The summed E-state index contributed by atoms with van der Waals surface area (Å²) in [6.07, 6.45) is 8.76. The summed E-state index contributed by atoms with van der Waals surface area (Å²) in [6.45, 7) is 2.03. The molecule has 1 heterocycles. The van der Waals surface area contributed by atoms with Crippen LogP contribution in [0.5, 0.6) is 0 Å². The van der Waals surface area contributed by atoms with Gasteiger partial charge in [-0.1, -0.05) is 48.9 Å². The Kier molecular flexibility index (Phi) is 8.00. The highest BCUT2D eigenvalue weighted by Crippen LogP contribution is 2.38. The summed E-state index contributed by atoms with van der Waals surface area (Å²) in [6, 6.07) is 17.2. The van der Waals surface area contributed by atoms with Crippen LogP contribution in [0.15, 0.2) is 54.6 Å². The number of fused-ring (bicyclic) bond motifs is 1. The van der Waals surface area contributed by atoms with Crippen molar-refractivity contribution in [2.75, 3.05) is 13.1 Å². The van der Waals surface area contributed by atoms with E-state index in [9.17, 15) is 14.0 Å². The van der Waals surface area contributed by atoms with Crippen molar-refractivity contribution in [3.63, 3.8) is 0 Å². The molecule has 0 spiro atoms. The molecule has 4 atom stereocenters. The van der Waals surface area contributed by atoms with Gasteiger partial charge in [-0.05, 0) is 80.7 Å². The van der Waals surface area contributed by atoms with E-state index >= 15 is 0 Å². The minimum Gasteiger partial charge on any atom is -0.353 e. The van der Waals surface area contributed by atoms with Crippen molar-refractivity contribution in [3.05, 3.63) is 71.5 Å². The molecule has 2 aromatic carbocycles. The minimum atomic E-state index is -0.281. The molecule has 5 rings (SSSR count). The van der Waals surface area contributed by atoms with E-state index in [0.717, 1.165) is 57.2 Å². The first-order valence-corrected chi connectivity index (χ1v) is 13.7. The molecule has 2 aliphatic carbocycles. The number of hydrogen-bond donors (Lipinski definition) is 2. The third kappa shape index (κ3) is 6.15. The Morgan fingerprint density at radius 2 is 1.75 bits per heavy atom. The molecule has 6 heteroatoms. The number of hydrogen-bond acceptors (Lipinski definition) is 3. The van der Waals surface area contributed by atoms with Crippen molar-refractivity contribution in [3.8, 4) is 0 Å². The predicted molar refractivity (Wildman–Crippen MR) is 139 cm³/mol. The second kappa shape index (κ2) is 11.5. The highest BCUT2D eigenvalue weighted by molar-refractivity contribution is 5.80. The van der Waals surface area contributed by atoms with Crippen molar-refractivity contribution >= 4 is 11.8 Å². The summed E-state index contributed by atoms with van der Waals surface area (Å²) in [5, 5.41) is 6.59. The summed E-state index contributed by atoms with van der Waals surface area (Å²) in [5.41, 5.74) is 2.01. The van der Waals surface area contributed by atoms with Crippen LogP contribution in [0, 0.1) is 17.7 Å². The van der Waals surface area contributed by atoms with Gasteiger partial charge in [0.05, 0.1) is 12.5 Å². The van der Waals surface area contributed by atoms with Gasteiger partial charge in [-0.25, -0.2) is 4.39 Å². The Morgan fingerprint density at radius 3 is 2.47 bits per heavy atom. The number of carbonyl (C=O) groups excluding carboxylic acids is 2. The molecule has 2 amide bonds. The summed E-state index contributed by atoms with van der Waals surface area (Å²) in [4.78, 5) is 28.0. The Labute approximate surface area is 213 Å². The Balaban J connectivity index is 1.16. The van der Waals surface area contributed by atoms with Crippen LogP contribution in [0.25, 0.3) is 0 Å². The van der Waals surface area contributed by atoms with Crippen LogP contribution < -0.4 is 10.6 Å². The highest BCUT2D eigenvalue weighted by Gasteiger charge is 2.40. The van der Waals surface area contributed by atoms with Crippen LogP contribution in [-0.4, -0.2) is 41.9 Å². The molecule has 1 aliphatic heterocycles. The van der Waals surface area contributed by atoms with Gasteiger partial charge in [-0.15, -0.1) is 0 Å². The van der Waals surface area contributed by atoms with E-state index in [4.69, 9.17) is 0 Å². The zero-order valence-corrected chi connectivity index (χ0v) is 21.0. The predicted octanol–water partition coefficient (Wildman–Crippen LogP) is 4.78. The maximum Gasteiger partial charge on any atom is 0.224 e. The van der Waals surface area contributed by atoms with Gasteiger partial charge >= 0.3 is 0 Å². The number of rotatable bonds is 9. The number of benzene rings is 2. The van der Waals surface area contributed by atoms with E-state index in [2.05, 4.69) is 27.7 Å². The smallest absolute Gasteiger partial charge is 0.224 e. The lowest BCUT2D eigenvalue weighted by atomic mass is 9.84. The number of carbonyl (C=O) groups is 2. The second-order valence-electron chi connectivity index (χ2n) is 10.9. The number of halogens is 1. The normalized spacial score (nSPS) is 25.0. The number of amides is 2. The third-order valence-corrected chi connectivity index (χ3v) is 8.49. The van der Waals surface area contributed by atoms with Crippen LogP contribution in [0.3, 0.4) is 0 Å². The molecule has 0 aromatic heterocycles. The SMILES string of the molecule is O=C(Cc1ccc(F)cc1)NC1CC2CCCN(CC[C@H](NC(=O)C3CCC3)c3ccccc3)C2C1.